The summed E-state index contributed by atoms with van der Waals surface area (Å²) in [4.78, 5) is 2.15. The summed E-state index contributed by atoms with van der Waals surface area (Å²) >= 11 is 0. The Labute approximate surface area is 55.8 Å². The zero-order chi connectivity index (χ0) is 6.85. The van der Waals surface area contributed by atoms with Crippen LogP contribution in [0.2, 0.25) is 0 Å². The van der Waals surface area contributed by atoms with Gasteiger partial charge in [-0.25, -0.2) is 0 Å². The second kappa shape index (κ2) is 2.64. The van der Waals surface area contributed by atoms with E-state index >= 15 is 0 Å². The Kier molecular flexibility index (Phi) is 2.05. The maximum atomic E-state index is 8.96. The summed E-state index contributed by atoms with van der Waals surface area (Å²) in [6, 6.07) is 0.551. The summed E-state index contributed by atoms with van der Waals surface area (Å²) in [7, 11) is 4.09. The van der Waals surface area contributed by atoms with Crippen molar-refractivity contribution in [3.05, 3.63) is 0 Å². The molecule has 1 rings (SSSR count). The Morgan fingerprint density at radius 3 is 2.44 bits per heavy atom. The normalized spacial score (nSPS) is 30.0. The van der Waals surface area contributed by atoms with Crippen molar-refractivity contribution < 1.29 is 5.21 Å². The van der Waals surface area contributed by atoms with Crippen LogP contribution in [0.25, 0.3) is 0 Å². The molecule has 0 amide bonds. The van der Waals surface area contributed by atoms with E-state index in [0.29, 0.717) is 6.04 Å². The van der Waals surface area contributed by atoms with Crippen molar-refractivity contribution in [3.63, 3.8) is 0 Å². The lowest BCUT2D eigenvalue weighted by molar-refractivity contribution is -0.0721. The van der Waals surface area contributed by atoms with Gasteiger partial charge >= 0.3 is 0 Å². The van der Waals surface area contributed by atoms with Crippen molar-refractivity contribution in [2.45, 2.75) is 12.5 Å². The van der Waals surface area contributed by atoms with E-state index in [1.165, 1.54) is 5.06 Å². The summed E-state index contributed by atoms with van der Waals surface area (Å²) in [5.74, 6) is 0. The molecule has 0 aliphatic carbocycles. The fourth-order valence-corrected chi connectivity index (χ4v) is 1.15. The Balaban J connectivity index is 2.30. The highest BCUT2D eigenvalue weighted by Gasteiger charge is 2.21. The Morgan fingerprint density at radius 1 is 1.56 bits per heavy atom. The van der Waals surface area contributed by atoms with Crippen LogP contribution < -0.4 is 0 Å². The van der Waals surface area contributed by atoms with Gasteiger partial charge in [-0.05, 0) is 20.5 Å². The second-order valence-corrected chi connectivity index (χ2v) is 2.82. The molecule has 0 unspecified atom stereocenters. The molecular formula is C6H14N2O. The molecule has 1 aliphatic heterocycles. The number of nitrogens with zero attached hydrogens (tertiary/aromatic N) is 2. The van der Waals surface area contributed by atoms with Gasteiger partial charge in [-0.3, -0.25) is 0 Å². The Hall–Kier alpha value is -0.120. The van der Waals surface area contributed by atoms with Crippen LogP contribution in [0.3, 0.4) is 0 Å². The number of rotatable bonds is 1. The summed E-state index contributed by atoms with van der Waals surface area (Å²) in [5.41, 5.74) is 0. The lowest BCUT2D eigenvalue weighted by Gasteiger charge is -2.17. The molecule has 1 heterocycles. The molecule has 1 atom stereocenters. The first kappa shape index (κ1) is 6.99. The second-order valence-electron chi connectivity index (χ2n) is 2.82. The molecule has 0 aromatic carbocycles. The fraction of sp³-hybridized carbons (Fsp3) is 1.00. The third-order valence-corrected chi connectivity index (χ3v) is 1.87. The van der Waals surface area contributed by atoms with Crippen LogP contribution in [0.15, 0.2) is 0 Å². The van der Waals surface area contributed by atoms with Crippen molar-refractivity contribution >= 4 is 0 Å². The highest BCUT2D eigenvalue weighted by molar-refractivity contribution is 4.75. The first-order valence-corrected chi connectivity index (χ1v) is 3.30. The van der Waals surface area contributed by atoms with Gasteiger partial charge in [0.2, 0.25) is 0 Å². The van der Waals surface area contributed by atoms with Crippen molar-refractivity contribution in [1.29, 1.82) is 0 Å². The van der Waals surface area contributed by atoms with E-state index in [2.05, 4.69) is 4.90 Å². The zero-order valence-corrected chi connectivity index (χ0v) is 6.04. The average Bonchev–Trinajstić information content (AvgIpc) is 2.14. The molecule has 0 bridgehead atoms. The molecule has 1 saturated heterocycles. The molecular weight excluding hydrogens is 116 g/mol. The van der Waals surface area contributed by atoms with Gasteiger partial charge in [-0.15, -0.1) is 0 Å². The van der Waals surface area contributed by atoms with Gasteiger partial charge in [-0.1, -0.05) is 0 Å². The van der Waals surface area contributed by atoms with E-state index in [1.54, 1.807) is 0 Å². The van der Waals surface area contributed by atoms with Gasteiger partial charge in [0.25, 0.3) is 0 Å². The minimum atomic E-state index is 0.551. The zero-order valence-electron chi connectivity index (χ0n) is 6.04. The van der Waals surface area contributed by atoms with E-state index in [-0.39, 0.29) is 0 Å². The fourth-order valence-electron chi connectivity index (χ4n) is 1.15. The third kappa shape index (κ3) is 1.64. The molecule has 0 spiro atoms. The average molecular weight is 130 g/mol. The number of hydroxylamine groups is 2. The molecule has 1 aliphatic rings. The van der Waals surface area contributed by atoms with Gasteiger partial charge in [-0.2, -0.15) is 5.06 Å². The number of hydrogen-bond acceptors (Lipinski definition) is 3. The van der Waals surface area contributed by atoms with Gasteiger partial charge < -0.3 is 10.1 Å². The highest BCUT2D eigenvalue weighted by atomic mass is 16.5. The number of likely N-dealkylation sites (N-methyl/N-ethyl adjacent to an activating group) is 1. The molecule has 3 heteroatoms. The quantitative estimate of drug-likeness (QED) is 0.541. The predicted octanol–water partition coefficient (Wildman–Crippen LogP) is 0.0115. The van der Waals surface area contributed by atoms with Gasteiger partial charge in [0.05, 0.1) is 0 Å². The molecule has 54 valence electrons. The molecule has 0 saturated carbocycles. The summed E-state index contributed by atoms with van der Waals surface area (Å²) in [6.45, 7) is 1.62. The minimum Gasteiger partial charge on any atom is -0.314 e. The van der Waals surface area contributed by atoms with Crippen molar-refractivity contribution in [2.24, 2.45) is 0 Å². The molecule has 9 heavy (non-hydrogen) atoms. The van der Waals surface area contributed by atoms with Crippen LogP contribution in [0.5, 0.6) is 0 Å². The lowest BCUT2D eigenvalue weighted by atomic mass is 10.2. The molecule has 1 fully saturated rings. The largest absolute Gasteiger partial charge is 0.314 e. The maximum absolute atomic E-state index is 8.96. The third-order valence-electron chi connectivity index (χ3n) is 1.87. The maximum Gasteiger partial charge on any atom is 0.0394 e. The highest BCUT2D eigenvalue weighted by Crippen LogP contribution is 2.09. The molecule has 0 aromatic rings. The van der Waals surface area contributed by atoms with E-state index in [4.69, 9.17) is 5.21 Å². The van der Waals surface area contributed by atoms with Crippen LogP contribution in [-0.4, -0.2) is 48.4 Å². The van der Waals surface area contributed by atoms with Crippen LogP contribution >= 0.6 is 0 Å². The minimum absolute atomic E-state index is 0.551. The van der Waals surface area contributed by atoms with Crippen LogP contribution in [0.1, 0.15) is 6.42 Å². The molecule has 1 N–H and O–H groups in total. The molecule has 0 aromatic heterocycles. The summed E-state index contributed by atoms with van der Waals surface area (Å²) in [6.07, 6.45) is 1.09. The van der Waals surface area contributed by atoms with Gasteiger partial charge in [0.15, 0.2) is 0 Å². The van der Waals surface area contributed by atoms with Crippen molar-refractivity contribution in [1.82, 2.24) is 9.96 Å². The predicted molar refractivity (Wildman–Crippen MR) is 35.5 cm³/mol. The van der Waals surface area contributed by atoms with Crippen molar-refractivity contribution in [3.8, 4) is 0 Å². The van der Waals surface area contributed by atoms with Crippen LogP contribution in [-0.2, 0) is 0 Å². The SMILES string of the molecule is CN(C)[C@@H]1CCN(O)C1. The van der Waals surface area contributed by atoms with E-state index in [1.807, 2.05) is 14.1 Å². The summed E-state index contributed by atoms with van der Waals surface area (Å²) in [5, 5.41) is 10.3. The van der Waals surface area contributed by atoms with Crippen LogP contribution in [0, 0.1) is 0 Å². The first-order chi connectivity index (χ1) is 4.20. The van der Waals surface area contributed by atoms with Gasteiger partial charge in [0, 0.05) is 19.1 Å². The van der Waals surface area contributed by atoms with Crippen molar-refractivity contribution in [2.75, 3.05) is 27.2 Å². The summed E-state index contributed by atoms with van der Waals surface area (Å²) < 4.78 is 0. The Bertz CT molecular complexity index is 95.1. The molecule has 0 radical (unpaired) electrons. The molecule has 3 nitrogen and oxygen atoms in total. The van der Waals surface area contributed by atoms with Crippen LogP contribution in [0.4, 0.5) is 0 Å². The van der Waals surface area contributed by atoms with E-state index < -0.39 is 0 Å². The first-order valence-electron chi connectivity index (χ1n) is 3.30. The Morgan fingerprint density at radius 2 is 2.22 bits per heavy atom. The van der Waals surface area contributed by atoms with Gasteiger partial charge in [0.1, 0.15) is 0 Å². The van der Waals surface area contributed by atoms with E-state index in [9.17, 15) is 0 Å². The lowest BCUT2D eigenvalue weighted by Crippen LogP contribution is -2.30. The topological polar surface area (TPSA) is 26.7 Å². The monoisotopic (exact) mass is 130 g/mol. The smallest absolute Gasteiger partial charge is 0.0394 e. The number of hydrogen-bond donors (Lipinski definition) is 1. The van der Waals surface area contributed by atoms with E-state index in [0.717, 1.165) is 19.5 Å². The standard InChI is InChI=1S/C6H14N2O/c1-7(2)6-3-4-8(9)5-6/h6,9H,3-5H2,1-2H3/t6-/m1/s1.